The molecule has 0 saturated carbocycles. The van der Waals surface area contributed by atoms with E-state index in [0.717, 1.165) is 120 Å². The molecular weight excluding hydrogens is 1250 g/mol. The van der Waals surface area contributed by atoms with Crippen LogP contribution in [0.4, 0.5) is 0 Å². The van der Waals surface area contributed by atoms with Crippen LogP contribution < -0.4 is 0 Å². The van der Waals surface area contributed by atoms with Crippen molar-refractivity contribution >= 4 is 39.5 Å². The molecule has 0 aromatic rings. The first kappa shape index (κ1) is 93.1. The van der Waals surface area contributed by atoms with E-state index in [2.05, 4.69) is 55.4 Å². The van der Waals surface area contributed by atoms with Crippen molar-refractivity contribution < 1.29 is 80.2 Å². The van der Waals surface area contributed by atoms with Crippen molar-refractivity contribution in [3.8, 4) is 0 Å². The zero-order chi connectivity index (χ0) is 70.3. The summed E-state index contributed by atoms with van der Waals surface area (Å²) >= 11 is 0. The molecule has 0 rings (SSSR count). The lowest BCUT2D eigenvalue weighted by Crippen LogP contribution is -2.30. The van der Waals surface area contributed by atoms with Crippen LogP contribution >= 0.6 is 15.6 Å². The van der Waals surface area contributed by atoms with Crippen LogP contribution in [0.25, 0.3) is 0 Å². The highest BCUT2D eigenvalue weighted by Gasteiger charge is 2.30. The summed E-state index contributed by atoms with van der Waals surface area (Å²) in [5.41, 5.74) is 0. The third kappa shape index (κ3) is 69.0. The Kier molecular flexibility index (Phi) is 64.0. The summed E-state index contributed by atoms with van der Waals surface area (Å²) in [5, 5.41) is 10.6. The fourth-order valence-electron chi connectivity index (χ4n) is 11.5. The van der Waals surface area contributed by atoms with Gasteiger partial charge in [0, 0.05) is 25.7 Å². The molecule has 95 heavy (non-hydrogen) atoms. The second-order valence-electron chi connectivity index (χ2n) is 29.1. The van der Waals surface area contributed by atoms with Crippen molar-refractivity contribution in [2.24, 2.45) is 23.7 Å². The van der Waals surface area contributed by atoms with Gasteiger partial charge in [-0.1, -0.05) is 331 Å². The summed E-state index contributed by atoms with van der Waals surface area (Å²) in [7, 11) is -9.91. The predicted molar refractivity (Wildman–Crippen MR) is 386 cm³/mol. The van der Waals surface area contributed by atoms with Gasteiger partial charge in [0.2, 0.25) is 0 Å². The van der Waals surface area contributed by atoms with E-state index >= 15 is 0 Å². The summed E-state index contributed by atoms with van der Waals surface area (Å²) < 4.78 is 68.5. The molecule has 0 heterocycles. The van der Waals surface area contributed by atoms with Crippen molar-refractivity contribution in [1.29, 1.82) is 0 Å². The van der Waals surface area contributed by atoms with Crippen LogP contribution in [0.2, 0.25) is 0 Å². The lowest BCUT2D eigenvalue weighted by molar-refractivity contribution is -0.161. The number of phosphoric acid groups is 2. The minimum absolute atomic E-state index is 0.106. The van der Waals surface area contributed by atoms with Gasteiger partial charge in [-0.25, -0.2) is 9.13 Å². The third-order valence-electron chi connectivity index (χ3n) is 17.9. The number of ether oxygens (including phenoxy) is 4. The molecule has 3 unspecified atom stereocenters. The molecule has 3 N–H and O–H groups in total. The number of phosphoric ester groups is 2. The van der Waals surface area contributed by atoms with Gasteiger partial charge in [0.15, 0.2) is 12.2 Å². The van der Waals surface area contributed by atoms with Gasteiger partial charge in [0.1, 0.15) is 19.3 Å². The maximum absolute atomic E-state index is 13.1. The number of hydrogen-bond acceptors (Lipinski definition) is 15. The second-order valence-corrected chi connectivity index (χ2v) is 32.0. The van der Waals surface area contributed by atoms with E-state index < -0.39 is 97.5 Å². The van der Waals surface area contributed by atoms with E-state index in [0.29, 0.717) is 31.6 Å². The first-order chi connectivity index (χ1) is 45.6. The van der Waals surface area contributed by atoms with E-state index in [1.807, 2.05) is 0 Å². The summed E-state index contributed by atoms with van der Waals surface area (Å²) in [6, 6.07) is 0. The van der Waals surface area contributed by atoms with Gasteiger partial charge in [-0.3, -0.25) is 37.3 Å². The number of aliphatic hydroxyl groups is 1. The SMILES string of the molecule is CCC(C)CCCCCCCCC(=O)OC[C@H](COP(=O)(O)OC[C@H](O)COP(=O)(O)OC[C@@H](COC(=O)CCCCCCCCCC(C)C)OC(=O)CCCCCCCCCCCCCCCCCC(C)C)OC(=O)CCCCCCCCCCCCCCCCC(C)C. The highest BCUT2D eigenvalue weighted by molar-refractivity contribution is 7.47. The molecule has 0 radical (unpaired) electrons. The van der Waals surface area contributed by atoms with Crippen molar-refractivity contribution in [1.82, 2.24) is 0 Å². The Hall–Kier alpha value is -1.94. The summed E-state index contributed by atoms with van der Waals surface area (Å²) in [6.07, 6.45) is 50.1. The number of carbonyl (C=O) groups is 4. The van der Waals surface area contributed by atoms with Crippen molar-refractivity contribution in [3.63, 3.8) is 0 Å². The number of carbonyl (C=O) groups excluding carboxylic acids is 4. The molecule has 0 spiro atoms. The van der Waals surface area contributed by atoms with E-state index in [1.165, 1.54) is 173 Å². The Morgan fingerprint density at radius 2 is 0.505 bits per heavy atom. The average Bonchev–Trinajstić information content (AvgIpc) is 1.92. The standard InChI is InChI=1S/C76H148O17P2/c1-9-69(8)55-47-39-34-35-41-49-57-74(79)87-63-72(93-76(81)59-51-43-32-26-22-18-14-13-16-20-24-29-37-45-53-67(4)5)65-91-95(84,85)89-61-70(77)60-88-94(82,83)90-64-71(62-86-73(78)56-48-40-33-27-30-38-46-54-68(6)7)92-75(80)58-50-42-31-25-21-17-12-10-11-15-19-23-28-36-44-52-66(2)3/h66-72,77H,9-65H2,1-8H3,(H,82,83)(H,84,85)/t69?,70-,71-,72-/m1/s1. The van der Waals surface area contributed by atoms with Crippen LogP contribution in [0.15, 0.2) is 0 Å². The number of esters is 4. The monoisotopic (exact) mass is 1400 g/mol. The molecular formula is C76H148O17P2. The maximum Gasteiger partial charge on any atom is 0.472 e. The molecule has 0 aliphatic carbocycles. The van der Waals surface area contributed by atoms with Gasteiger partial charge >= 0.3 is 39.5 Å². The molecule has 6 atom stereocenters. The van der Waals surface area contributed by atoms with Crippen LogP contribution in [0, 0.1) is 23.7 Å². The normalized spacial score (nSPS) is 14.4. The topological polar surface area (TPSA) is 237 Å². The van der Waals surface area contributed by atoms with E-state index in [9.17, 15) is 43.2 Å². The number of unbranched alkanes of at least 4 members (excludes halogenated alkanes) is 38. The van der Waals surface area contributed by atoms with Gasteiger partial charge in [0.05, 0.1) is 26.4 Å². The molecule has 0 aliphatic heterocycles. The highest BCUT2D eigenvalue weighted by atomic mass is 31.2. The van der Waals surface area contributed by atoms with Gasteiger partial charge in [-0.15, -0.1) is 0 Å². The van der Waals surface area contributed by atoms with E-state index in [4.69, 9.17) is 37.0 Å². The van der Waals surface area contributed by atoms with Crippen molar-refractivity contribution in [3.05, 3.63) is 0 Å². The van der Waals surface area contributed by atoms with Crippen LogP contribution in [-0.4, -0.2) is 96.7 Å². The van der Waals surface area contributed by atoms with Crippen molar-refractivity contribution in [2.45, 2.75) is 401 Å². The van der Waals surface area contributed by atoms with E-state index in [-0.39, 0.29) is 25.7 Å². The van der Waals surface area contributed by atoms with Gasteiger partial charge in [-0.2, -0.15) is 0 Å². The van der Waals surface area contributed by atoms with Gasteiger partial charge < -0.3 is 33.8 Å². The van der Waals surface area contributed by atoms with E-state index in [1.54, 1.807) is 0 Å². The molecule has 0 aromatic heterocycles. The van der Waals surface area contributed by atoms with Gasteiger partial charge in [-0.05, 0) is 49.4 Å². The molecule has 19 heteroatoms. The highest BCUT2D eigenvalue weighted by Crippen LogP contribution is 2.45. The minimum Gasteiger partial charge on any atom is -0.462 e. The smallest absolute Gasteiger partial charge is 0.462 e. The molecule has 0 fully saturated rings. The Balaban J connectivity index is 5.21. The zero-order valence-electron chi connectivity index (χ0n) is 62.3. The van der Waals surface area contributed by atoms with Crippen LogP contribution in [0.3, 0.4) is 0 Å². The number of rotatable bonds is 73. The van der Waals surface area contributed by atoms with Crippen LogP contribution in [-0.2, 0) is 65.4 Å². The first-order valence-electron chi connectivity index (χ1n) is 39.2. The number of aliphatic hydroxyl groups excluding tert-OH is 1. The Bertz CT molecular complexity index is 1870. The summed E-state index contributed by atoms with van der Waals surface area (Å²) in [4.78, 5) is 72.8. The zero-order valence-corrected chi connectivity index (χ0v) is 64.1. The second kappa shape index (κ2) is 65.4. The minimum atomic E-state index is -4.96. The van der Waals surface area contributed by atoms with Gasteiger partial charge in [0.25, 0.3) is 0 Å². The lowest BCUT2D eigenvalue weighted by Gasteiger charge is -2.21. The first-order valence-corrected chi connectivity index (χ1v) is 42.2. The molecule has 0 bridgehead atoms. The maximum atomic E-state index is 13.1. The Labute approximate surface area is 581 Å². The Morgan fingerprint density at radius 3 is 0.747 bits per heavy atom. The largest absolute Gasteiger partial charge is 0.472 e. The molecule has 17 nitrogen and oxygen atoms in total. The summed E-state index contributed by atoms with van der Waals surface area (Å²) in [6.45, 7) is 14.2. The molecule has 564 valence electrons. The third-order valence-corrected chi connectivity index (χ3v) is 19.8. The fraction of sp³-hybridized carbons (Fsp3) is 0.947. The molecule has 0 aromatic carbocycles. The summed E-state index contributed by atoms with van der Waals surface area (Å²) in [5.74, 6) is 0.911. The quantitative estimate of drug-likeness (QED) is 0.0222. The molecule has 0 aliphatic rings. The fourth-order valence-corrected chi connectivity index (χ4v) is 13.1. The lowest BCUT2D eigenvalue weighted by atomic mass is 10.00. The van der Waals surface area contributed by atoms with Crippen LogP contribution in [0.5, 0.6) is 0 Å². The van der Waals surface area contributed by atoms with Crippen molar-refractivity contribution in [2.75, 3.05) is 39.6 Å². The number of hydrogen-bond donors (Lipinski definition) is 3. The predicted octanol–water partition coefficient (Wildman–Crippen LogP) is 22.0. The Morgan fingerprint density at radius 1 is 0.295 bits per heavy atom. The van der Waals surface area contributed by atoms with Crippen LogP contribution in [0.1, 0.15) is 383 Å². The average molecular weight is 1400 g/mol. The molecule has 0 saturated heterocycles. The molecule has 0 amide bonds.